The second kappa shape index (κ2) is 11.4. The van der Waals surface area contributed by atoms with E-state index in [9.17, 15) is 34.5 Å². The van der Waals surface area contributed by atoms with Gasteiger partial charge in [0.1, 0.15) is 11.5 Å². The summed E-state index contributed by atoms with van der Waals surface area (Å²) in [4.78, 5) is 50.5. The van der Waals surface area contributed by atoms with Gasteiger partial charge in [0.15, 0.2) is 0 Å². The number of benzene rings is 3. The summed E-state index contributed by atoms with van der Waals surface area (Å²) in [6.07, 6.45) is 0. The molecule has 38 heavy (non-hydrogen) atoms. The van der Waals surface area contributed by atoms with E-state index in [-0.39, 0.29) is 18.1 Å². The van der Waals surface area contributed by atoms with Gasteiger partial charge in [-0.2, -0.15) is 0 Å². The molecule has 10 heteroatoms. The Balaban J connectivity index is 1.63. The first-order valence-corrected chi connectivity index (χ1v) is 12.1. The zero-order valence-corrected chi connectivity index (χ0v) is 20.7. The zero-order chi connectivity index (χ0) is 27.4. The topological polar surface area (TPSA) is 141 Å². The molecule has 0 aromatic heterocycles. The first kappa shape index (κ1) is 26.7. The fraction of sp³-hybridized carbons (Fsp3) is 0.214. The normalized spacial score (nSPS) is 20.1. The Kier molecular flexibility index (Phi) is 7.97. The summed E-state index contributed by atoms with van der Waals surface area (Å²) in [7, 11) is 0. The second-order valence-corrected chi connectivity index (χ2v) is 9.37. The number of aliphatic carboxylic acids is 3. The first-order chi connectivity index (χ1) is 18.2. The van der Waals surface area contributed by atoms with E-state index in [0.29, 0.717) is 22.6 Å². The van der Waals surface area contributed by atoms with Gasteiger partial charge in [0, 0.05) is 18.1 Å². The van der Waals surface area contributed by atoms with E-state index in [4.69, 9.17) is 16.3 Å². The van der Waals surface area contributed by atoms with Gasteiger partial charge in [-0.3, -0.25) is 19.2 Å². The molecule has 0 saturated heterocycles. The summed E-state index contributed by atoms with van der Waals surface area (Å²) in [6, 6.07) is 22.8. The number of hydrogen-bond acceptors (Lipinski definition) is 5. The Bertz CT molecular complexity index is 1330. The van der Waals surface area contributed by atoms with Crippen molar-refractivity contribution in [1.82, 2.24) is 4.90 Å². The summed E-state index contributed by atoms with van der Waals surface area (Å²) in [5.74, 6) is -10.9. The fourth-order valence-electron chi connectivity index (χ4n) is 4.75. The van der Waals surface area contributed by atoms with Gasteiger partial charge >= 0.3 is 17.9 Å². The van der Waals surface area contributed by atoms with Gasteiger partial charge in [-0.15, -0.1) is 0 Å². The SMILES string of the molecule is O=C(O)C1[C@H](C(=O)O)C(C(=O)N(Cc2ccccc2)Cc2ccc(Oc3ccccc3)cc2Cl)[C@H]1C(=O)O. The van der Waals surface area contributed by atoms with Crippen molar-refractivity contribution in [3.63, 3.8) is 0 Å². The predicted octanol–water partition coefficient (Wildman–Crippen LogP) is 4.39. The first-order valence-electron chi connectivity index (χ1n) is 11.7. The van der Waals surface area contributed by atoms with Crippen LogP contribution in [-0.2, 0) is 32.3 Å². The van der Waals surface area contributed by atoms with Crippen molar-refractivity contribution < 1.29 is 39.2 Å². The predicted molar refractivity (Wildman–Crippen MR) is 136 cm³/mol. The number of carbonyl (C=O) groups is 4. The molecule has 1 fully saturated rings. The summed E-state index contributed by atoms with van der Waals surface area (Å²) in [5.41, 5.74) is 1.23. The maximum atomic E-state index is 13.7. The van der Waals surface area contributed by atoms with Crippen LogP contribution in [0.15, 0.2) is 78.9 Å². The van der Waals surface area contributed by atoms with E-state index in [1.807, 2.05) is 18.2 Å². The molecule has 3 N–H and O–H groups in total. The molecule has 4 rings (SSSR count). The third kappa shape index (κ3) is 5.63. The molecule has 1 saturated carbocycles. The number of hydrogen-bond donors (Lipinski definition) is 3. The van der Waals surface area contributed by atoms with Crippen molar-refractivity contribution in [3.05, 3.63) is 95.0 Å². The van der Waals surface area contributed by atoms with E-state index in [1.54, 1.807) is 60.7 Å². The molecule has 0 heterocycles. The molecule has 1 amide bonds. The van der Waals surface area contributed by atoms with Crippen molar-refractivity contribution in [2.24, 2.45) is 23.7 Å². The van der Waals surface area contributed by atoms with Crippen molar-refractivity contribution in [3.8, 4) is 11.5 Å². The second-order valence-electron chi connectivity index (χ2n) is 8.97. The molecule has 1 aliphatic carbocycles. The molecule has 0 radical (unpaired) electrons. The minimum atomic E-state index is -1.71. The van der Waals surface area contributed by atoms with Gasteiger partial charge in [-0.1, -0.05) is 66.2 Å². The molecule has 9 nitrogen and oxygen atoms in total. The Labute approximate surface area is 222 Å². The Morgan fingerprint density at radius 3 is 1.74 bits per heavy atom. The van der Waals surface area contributed by atoms with Crippen molar-refractivity contribution in [2.75, 3.05) is 0 Å². The number of carbonyl (C=O) groups excluding carboxylic acids is 1. The summed E-state index contributed by atoms with van der Waals surface area (Å²) in [5, 5.41) is 29.1. The van der Waals surface area contributed by atoms with E-state index in [0.717, 1.165) is 0 Å². The van der Waals surface area contributed by atoms with Gasteiger partial charge in [0.2, 0.25) is 5.91 Å². The molecule has 0 unspecified atom stereocenters. The third-order valence-electron chi connectivity index (χ3n) is 6.58. The Morgan fingerprint density at radius 2 is 1.21 bits per heavy atom. The highest BCUT2D eigenvalue weighted by molar-refractivity contribution is 6.31. The van der Waals surface area contributed by atoms with Crippen LogP contribution in [0.2, 0.25) is 5.02 Å². The fourth-order valence-corrected chi connectivity index (χ4v) is 4.98. The number of carboxylic acid groups (broad SMARTS) is 3. The average molecular weight is 538 g/mol. The molecule has 2 atom stereocenters. The summed E-state index contributed by atoms with van der Waals surface area (Å²) in [6.45, 7) is -0.0315. The molecule has 0 spiro atoms. The van der Waals surface area contributed by atoms with Crippen LogP contribution in [0.1, 0.15) is 11.1 Å². The molecule has 3 aromatic rings. The van der Waals surface area contributed by atoms with Crippen molar-refractivity contribution in [1.29, 1.82) is 0 Å². The number of halogens is 1. The molecule has 0 bridgehead atoms. The average Bonchev–Trinajstić information content (AvgIpc) is 2.85. The van der Waals surface area contributed by atoms with Crippen LogP contribution in [-0.4, -0.2) is 44.0 Å². The van der Waals surface area contributed by atoms with Crippen LogP contribution >= 0.6 is 11.6 Å². The summed E-state index contributed by atoms with van der Waals surface area (Å²) >= 11 is 6.51. The number of nitrogens with zero attached hydrogens (tertiary/aromatic N) is 1. The highest BCUT2D eigenvalue weighted by Crippen LogP contribution is 2.48. The van der Waals surface area contributed by atoms with Gasteiger partial charge in [0.05, 0.1) is 23.7 Å². The van der Waals surface area contributed by atoms with E-state index in [1.165, 1.54) is 4.90 Å². The molecule has 1 aliphatic rings. The number of carboxylic acids is 3. The smallest absolute Gasteiger partial charge is 0.308 e. The molecule has 196 valence electrons. The summed E-state index contributed by atoms with van der Waals surface area (Å²) < 4.78 is 5.79. The van der Waals surface area contributed by atoms with Crippen molar-refractivity contribution >= 4 is 35.4 Å². The minimum absolute atomic E-state index is 0.0329. The number of amides is 1. The molecule has 3 aromatic carbocycles. The van der Waals surface area contributed by atoms with Crippen LogP contribution in [0, 0.1) is 23.7 Å². The quantitative estimate of drug-likeness (QED) is 0.345. The lowest BCUT2D eigenvalue weighted by atomic mass is 9.56. The largest absolute Gasteiger partial charge is 0.481 e. The highest BCUT2D eigenvalue weighted by Gasteiger charge is 2.64. The lowest BCUT2D eigenvalue weighted by molar-refractivity contribution is -0.190. The highest BCUT2D eigenvalue weighted by atomic mass is 35.5. The van der Waals surface area contributed by atoms with Crippen LogP contribution in [0.5, 0.6) is 11.5 Å². The number of para-hydroxylation sites is 1. The molecular formula is C28H24ClNO8. The van der Waals surface area contributed by atoms with Crippen molar-refractivity contribution in [2.45, 2.75) is 13.1 Å². The standard InChI is InChI=1S/C28H24ClNO8/c29-20-13-19(38-18-9-5-2-6-10-18)12-11-17(20)15-30(14-16-7-3-1-4-8-16)25(31)21-22(26(32)33)24(28(36)37)23(21)27(34)35/h1-13,21-24H,14-15H2,(H,32,33)(H,34,35)(H,36,37)/t21?,22-,23-,24?/m1/s1. The molecule has 0 aliphatic heterocycles. The molecular weight excluding hydrogens is 514 g/mol. The van der Waals surface area contributed by atoms with Crippen LogP contribution in [0.3, 0.4) is 0 Å². The third-order valence-corrected chi connectivity index (χ3v) is 6.93. The maximum Gasteiger partial charge on any atom is 0.308 e. The van der Waals surface area contributed by atoms with Gasteiger partial charge in [-0.05, 0) is 35.4 Å². The van der Waals surface area contributed by atoms with Gasteiger partial charge in [0.25, 0.3) is 0 Å². The van der Waals surface area contributed by atoms with Gasteiger partial charge in [-0.25, -0.2) is 0 Å². The van der Waals surface area contributed by atoms with E-state index < -0.39 is 47.5 Å². The van der Waals surface area contributed by atoms with Crippen LogP contribution in [0.4, 0.5) is 0 Å². The zero-order valence-electron chi connectivity index (χ0n) is 19.9. The monoisotopic (exact) mass is 537 g/mol. The van der Waals surface area contributed by atoms with Crippen LogP contribution < -0.4 is 4.74 Å². The van der Waals surface area contributed by atoms with Crippen LogP contribution in [0.25, 0.3) is 0 Å². The Morgan fingerprint density at radius 1 is 0.684 bits per heavy atom. The Hall–Kier alpha value is -4.37. The number of ether oxygens (including phenoxy) is 1. The maximum absolute atomic E-state index is 13.7. The lowest BCUT2D eigenvalue weighted by Gasteiger charge is -2.45. The van der Waals surface area contributed by atoms with E-state index in [2.05, 4.69) is 0 Å². The van der Waals surface area contributed by atoms with Gasteiger partial charge < -0.3 is 25.0 Å². The minimum Gasteiger partial charge on any atom is -0.481 e. The van der Waals surface area contributed by atoms with E-state index >= 15 is 0 Å². The lowest BCUT2D eigenvalue weighted by Crippen LogP contribution is -2.62. The number of rotatable bonds is 10.